The van der Waals surface area contributed by atoms with E-state index in [1.807, 2.05) is 6.07 Å². The molecule has 0 heterocycles. The second-order valence-electron chi connectivity index (χ2n) is 4.22. The van der Waals surface area contributed by atoms with Gasteiger partial charge in [-0.1, -0.05) is 29.3 Å². The van der Waals surface area contributed by atoms with E-state index in [4.69, 9.17) is 39.5 Å². The zero-order valence-electron chi connectivity index (χ0n) is 10.7. The van der Waals surface area contributed by atoms with E-state index in [9.17, 15) is 10.1 Å². The first-order chi connectivity index (χ1) is 10.0. The Bertz CT molecular complexity index is 677. The first kappa shape index (κ1) is 15.9. The van der Waals surface area contributed by atoms with Gasteiger partial charge in [0.1, 0.15) is 12.4 Å². The zero-order chi connectivity index (χ0) is 15.4. The van der Waals surface area contributed by atoms with Crippen molar-refractivity contribution in [2.45, 2.75) is 12.5 Å². The standard InChI is InChI=1S/C14H10Cl3NO3/c15-7-9-1-4-14(13(17)5-9)21-8-10-2-3-11(18(19)20)6-12(10)16/h1-6H,7-8H2. The fraction of sp³-hybridized carbons (Fsp3) is 0.143. The smallest absolute Gasteiger partial charge is 0.270 e. The molecule has 7 heteroatoms. The average molecular weight is 347 g/mol. The fourth-order valence-corrected chi connectivity index (χ4v) is 2.32. The van der Waals surface area contributed by atoms with E-state index in [2.05, 4.69) is 0 Å². The quantitative estimate of drug-likeness (QED) is 0.424. The molecule has 0 aromatic heterocycles. The van der Waals surface area contributed by atoms with Crippen LogP contribution >= 0.6 is 34.8 Å². The van der Waals surface area contributed by atoms with Crippen LogP contribution in [0, 0.1) is 10.1 Å². The predicted octanol–water partition coefficient (Wildman–Crippen LogP) is 5.22. The summed E-state index contributed by atoms with van der Waals surface area (Å²) in [5.41, 5.74) is 1.47. The second-order valence-corrected chi connectivity index (χ2v) is 5.30. The van der Waals surface area contributed by atoms with E-state index in [1.54, 1.807) is 18.2 Å². The fourth-order valence-electron chi connectivity index (χ4n) is 1.67. The maximum absolute atomic E-state index is 10.6. The van der Waals surface area contributed by atoms with Gasteiger partial charge in [0.2, 0.25) is 0 Å². The van der Waals surface area contributed by atoms with Gasteiger partial charge in [0, 0.05) is 23.6 Å². The molecular weight excluding hydrogens is 337 g/mol. The van der Waals surface area contributed by atoms with Crippen LogP contribution < -0.4 is 4.74 Å². The summed E-state index contributed by atoms with van der Waals surface area (Å²) in [7, 11) is 0. The van der Waals surface area contributed by atoms with Crippen molar-refractivity contribution in [1.82, 2.24) is 0 Å². The van der Waals surface area contributed by atoms with Gasteiger partial charge in [-0.2, -0.15) is 0 Å². The lowest BCUT2D eigenvalue weighted by Gasteiger charge is -2.10. The van der Waals surface area contributed by atoms with E-state index in [1.165, 1.54) is 12.1 Å². The minimum atomic E-state index is -0.502. The van der Waals surface area contributed by atoms with Crippen LogP contribution in [0.15, 0.2) is 36.4 Å². The third-order valence-electron chi connectivity index (χ3n) is 2.78. The lowest BCUT2D eigenvalue weighted by atomic mass is 10.2. The summed E-state index contributed by atoms with van der Waals surface area (Å²) in [6.07, 6.45) is 0. The SMILES string of the molecule is O=[N+]([O-])c1ccc(COc2ccc(CCl)cc2Cl)c(Cl)c1. The summed E-state index contributed by atoms with van der Waals surface area (Å²) in [5.74, 6) is 0.869. The minimum absolute atomic E-state index is 0.0618. The number of ether oxygens (including phenoxy) is 1. The molecule has 0 bridgehead atoms. The van der Waals surface area contributed by atoms with Crippen LogP contribution in [0.2, 0.25) is 10.0 Å². The average Bonchev–Trinajstić information content (AvgIpc) is 2.46. The molecule has 0 atom stereocenters. The molecule has 21 heavy (non-hydrogen) atoms. The van der Waals surface area contributed by atoms with Crippen molar-refractivity contribution >= 4 is 40.5 Å². The summed E-state index contributed by atoms with van der Waals surface area (Å²) >= 11 is 17.8. The Labute approximate surface area is 136 Å². The van der Waals surface area contributed by atoms with Gasteiger partial charge < -0.3 is 4.74 Å². The highest BCUT2D eigenvalue weighted by molar-refractivity contribution is 6.32. The molecule has 0 aliphatic heterocycles. The van der Waals surface area contributed by atoms with Crippen molar-refractivity contribution in [3.8, 4) is 5.75 Å². The molecule has 0 amide bonds. The summed E-state index contributed by atoms with van der Waals surface area (Å²) < 4.78 is 5.57. The molecule has 0 saturated carbocycles. The predicted molar refractivity (Wildman–Crippen MR) is 83.4 cm³/mol. The topological polar surface area (TPSA) is 52.4 Å². The van der Waals surface area contributed by atoms with Gasteiger partial charge in [-0.15, -0.1) is 11.6 Å². The van der Waals surface area contributed by atoms with Crippen molar-refractivity contribution < 1.29 is 9.66 Å². The number of hydrogen-bond acceptors (Lipinski definition) is 3. The van der Waals surface area contributed by atoms with Crippen LogP contribution in [0.4, 0.5) is 5.69 Å². The van der Waals surface area contributed by atoms with Crippen molar-refractivity contribution in [3.63, 3.8) is 0 Å². The largest absolute Gasteiger partial charge is 0.487 e. The zero-order valence-corrected chi connectivity index (χ0v) is 13.0. The normalized spacial score (nSPS) is 10.4. The van der Waals surface area contributed by atoms with Crippen LogP contribution in [0.3, 0.4) is 0 Å². The minimum Gasteiger partial charge on any atom is -0.487 e. The number of nitrogens with zero attached hydrogens (tertiary/aromatic N) is 1. The number of hydrogen-bond donors (Lipinski definition) is 0. The first-order valence-electron chi connectivity index (χ1n) is 5.91. The summed E-state index contributed by atoms with van der Waals surface area (Å²) in [5, 5.41) is 11.4. The van der Waals surface area contributed by atoms with Crippen LogP contribution in [0.5, 0.6) is 5.75 Å². The molecule has 2 aromatic carbocycles. The van der Waals surface area contributed by atoms with Gasteiger partial charge in [-0.25, -0.2) is 0 Å². The van der Waals surface area contributed by atoms with Gasteiger partial charge in [0.05, 0.1) is 15.0 Å². The number of benzene rings is 2. The van der Waals surface area contributed by atoms with Crippen molar-refractivity contribution in [3.05, 3.63) is 67.7 Å². The molecular formula is C14H10Cl3NO3. The molecule has 110 valence electrons. The summed E-state index contributed by atoms with van der Waals surface area (Å²) in [6, 6.07) is 9.48. The lowest BCUT2D eigenvalue weighted by molar-refractivity contribution is -0.384. The Kier molecular flexibility index (Phi) is 5.28. The Balaban J connectivity index is 2.11. The van der Waals surface area contributed by atoms with E-state index in [0.717, 1.165) is 5.56 Å². The maximum atomic E-state index is 10.6. The number of nitro benzene ring substituents is 1. The van der Waals surface area contributed by atoms with E-state index in [-0.39, 0.29) is 17.3 Å². The van der Waals surface area contributed by atoms with Crippen molar-refractivity contribution in [2.75, 3.05) is 0 Å². The molecule has 0 aliphatic rings. The second kappa shape index (κ2) is 6.98. The van der Waals surface area contributed by atoms with E-state index in [0.29, 0.717) is 22.2 Å². The van der Waals surface area contributed by atoms with Gasteiger partial charge in [-0.05, 0) is 23.8 Å². The lowest BCUT2D eigenvalue weighted by Crippen LogP contribution is -1.98. The summed E-state index contributed by atoms with van der Waals surface area (Å²) in [6.45, 7) is 0.163. The molecule has 0 fully saturated rings. The van der Waals surface area contributed by atoms with Crippen LogP contribution in [0.1, 0.15) is 11.1 Å². The Morgan fingerprint density at radius 2 is 1.86 bits per heavy atom. The number of non-ortho nitro benzene ring substituents is 1. The van der Waals surface area contributed by atoms with Gasteiger partial charge in [0.25, 0.3) is 5.69 Å². The Morgan fingerprint density at radius 1 is 1.10 bits per heavy atom. The molecule has 0 N–H and O–H groups in total. The Morgan fingerprint density at radius 3 is 2.43 bits per heavy atom. The number of nitro groups is 1. The molecule has 0 spiro atoms. The van der Waals surface area contributed by atoms with E-state index < -0.39 is 4.92 Å². The molecule has 2 aromatic rings. The highest BCUT2D eigenvalue weighted by Crippen LogP contribution is 2.28. The highest BCUT2D eigenvalue weighted by Gasteiger charge is 2.10. The third kappa shape index (κ3) is 4.00. The number of rotatable bonds is 5. The molecule has 0 aliphatic carbocycles. The number of halogens is 3. The Hall–Kier alpha value is -1.49. The maximum Gasteiger partial charge on any atom is 0.270 e. The third-order valence-corrected chi connectivity index (χ3v) is 3.74. The van der Waals surface area contributed by atoms with E-state index >= 15 is 0 Å². The molecule has 2 rings (SSSR count). The van der Waals surface area contributed by atoms with Crippen LogP contribution in [0.25, 0.3) is 0 Å². The number of alkyl halides is 1. The molecule has 0 unspecified atom stereocenters. The van der Waals surface area contributed by atoms with Crippen LogP contribution in [-0.4, -0.2) is 4.92 Å². The summed E-state index contributed by atoms with van der Waals surface area (Å²) in [4.78, 5) is 10.1. The van der Waals surface area contributed by atoms with Gasteiger partial charge >= 0.3 is 0 Å². The highest BCUT2D eigenvalue weighted by atomic mass is 35.5. The monoisotopic (exact) mass is 345 g/mol. The van der Waals surface area contributed by atoms with Gasteiger partial charge in [-0.3, -0.25) is 10.1 Å². The molecule has 0 saturated heterocycles. The van der Waals surface area contributed by atoms with Crippen molar-refractivity contribution in [1.29, 1.82) is 0 Å². The molecule has 0 radical (unpaired) electrons. The van der Waals surface area contributed by atoms with Crippen LogP contribution in [-0.2, 0) is 12.5 Å². The van der Waals surface area contributed by atoms with Crippen molar-refractivity contribution in [2.24, 2.45) is 0 Å². The van der Waals surface area contributed by atoms with Gasteiger partial charge in [0.15, 0.2) is 0 Å². The first-order valence-corrected chi connectivity index (χ1v) is 7.20. The molecule has 4 nitrogen and oxygen atoms in total.